The Labute approximate surface area is 175 Å². The van der Waals surface area contributed by atoms with Crippen LogP contribution in [0.25, 0.3) is 0 Å². The molecule has 2 heterocycles. The zero-order valence-corrected chi connectivity index (χ0v) is 18.2. The number of amides is 1. The van der Waals surface area contributed by atoms with E-state index in [9.17, 15) is 13.2 Å². The molecule has 0 radical (unpaired) electrons. The summed E-state index contributed by atoms with van der Waals surface area (Å²) in [6.07, 6.45) is 2.81. The van der Waals surface area contributed by atoms with Crippen molar-refractivity contribution in [2.75, 3.05) is 17.3 Å². The van der Waals surface area contributed by atoms with Crippen molar-refractivity contribution in [1.29, 1.82) is 0 Å². The van der Waals surface area contributed by atoms with E-state index in [1.807, 2.05) is 30.3 Å². The van der Waals surface area contributed by atoms with Gasteiger partial charge in [-0.15, -0.1) is 10.2 Å². The van der Waals surface area contributed by atoms with Crippen LogP contribution in [0.1, 0.15) is 43.5 Å². The zero-order chi connectivity index (χ0) is 20.4. The van der Waals surface area contributed by atoms with Crippen molar-refractivity contribution < 1.29 is 13.2 Å². The Morgan fingerprint density at radius 3 is 2.59 bits per heavy atom. The van der Waals surface area contributed by atoms with Crippen molar-refractivity contribution in [2.45, 2.75) is 56.4 Å². The molecular weight excluding hydrogens is 408 g/mol. The van der Waals surface area contributed by atoms with Gasteiger partial charge in [0.2, 0.25) is 5.91 Å². The summed E-state index contributed by atoms with van der Waals surface area (Å²) in [7, 11) is -3.07. The molecule has 1 unspecified atom stereocenters. The Balaban J connectivity index is 1.47. The second kappa shape index (κ2) is 8.47. The Kier molecular flexibility index (Phi) is 5.96. The SMILES string of the molecule is CCn1c(SCC(=O)N(Cc2ccccc2)C2CCS(=O)(=O)C2)nnc1C1CC1. The van der Waals surface area contributed by atoms with E-state index in [1.54, 1.807) is 4.90 Å². The van der Waals surface area contributed by atoms with Crippen LogP contribution in [-0.4, -0.2) is 57.3 Å². The van der Waals surface area contributed by atoms with E-state index in [4.69, 9.17) is 0 Å². The largest absolute Gasteiger partial charge is 0.334 e. The van der Waals surface area contributed by atoms with E-state index in [2.05, 4.69) is 21.7 Å². The van der Waals surface area contributed by atoms with Gasteiger partial charge in [0.05, 0.1) is 17.3 Å². The number of thioether (sulfide) groups is 1. The Morgan fingerprint density at radius 2 is 1.97 bits per heavy atom. The van der Waals surface area contributed by atoms with Crippen molar-refractivity contribution in [3.8, 4) is 0 Å². The number of hydrogen-bond donors (Lipinski definition) is 0. The van der Waals surface area contributed by atoms with E-state index in [1.165, 1.54) is 11.8 Å². The molecule has 29 heavy (non-hydrogen) atoms. The molecule has 1 aliphatic carbocycles. The van der Waals surface area contributed by atoms with Gasteiger partial charge >= 0.3 is 0 Å². The standard InChI is InChI=1S/C20H26N4O3S2/c1-2-23-19(16-8-9-16)21-22-20(23)28-13-18(25)24(12-15-6-4-3-5-7-15)17-10-11-29(26,27)14-17/h3-7,16-17H,2,8-14H2,1H3. The molecule has 1 aliphatic heterocycles. The van der Waals surface area contributed by atoms with Gasteiger partial charge < -0.3 is 9.47 Å². The molecule has 1 aromatic carbocycles. The number of carbonyl (C=O) groups is 1. The molecule has 0 bridgehead atoms. The van der Waals surface area contributed by atoms with Crippen molar-refractivity contribution in [3.05, 3.63) is 41.7 Å². The molecule has 1 amide bonds. The van der Waals surface area contributed by atoms with Crippen LogP contribution in [0, 0.1) is 0 Å². The Morgan fingerprint density at radius 1 is 1.21 bits per heavy atom. The van der Waals surface area contributed by atoms with E-state index in [0.29, 0.717) is 18.9 Å². The second-order valence-electron chi connectivity index (χ2n) is 7.71. The maximum Gasteiger partial charge on any atom is 0.233 e. The van der Waals surface area contributed by atoms with Crippen LogP contribution < -0.4 is 0 Å². The average Bonchev–Trinajstić information content (AvgIpc) is 3.37. The van der Waals surface area contributed by atoms with Crippen LogP contribution in [-0.2, 0) is 27.7 Å². The number of sulfone groups is 1. The summed E-state index contributed by atoms with van der Waals surface area (Å²) in [5.74, 6) is 1.90. The first-order valence-electron chi connectivity index (χ1n) is 10.1. The summed E-state index contributed by atoms with van der Waals surface area (Å²) in [5, 5.41) is 9.38. The molecule has 4 rings (SSSR count). The fraction of sp³-hybridized carbons (Fsp3) is 0.550. The topological polar surface area (TPSA) is 85.2 Å². The molecule has 2 aliphatic rings. The lowest BCUT2D eigenvalue weighted by atomic mass is 10.1. The van der Waals surface area contributed by atoms with Gasteiger partial charge in [0.25, 0.3) is 0 Å². The normalized spacial score (nSPS) is 20.7. The number of carbonyl (C=O) groups excluding carboxylic acids is 1. The van der Waals surface area contributed by atoms with E-state index >= 15 is 0 Å². The molecular formula is C20H26N4O3S2. The lowest BCUT2D eigenvalue weighted by Crippen LogP contribution is -2.41. The second-order valence-corrected chi connectivity index (χ2v) is 10.9. The van der Waals surface area contributed by atoms with Crippen LogP contribution in [0.2, 0.25) is 0 Å². The number of benzene rings is 1. The number of nitrogens with zero attached hydrogens (tertiary/aromatic N) is 4. The smallest absolute Gasteiger partial charge is 0.233 e. The number of rotatable bonds is 8. The van der Waals surface area contributed by atoms with Crippen molar-refractivity contribution in [3.63, 3.8) is 0 Å². The van der Waals surface area contributed by atoms with Crippen LogP contribution >= 0.6 is 11.8 Å². The lowest BCUT2D eigenvalue weighted by molar-refractivity contribution is -0.130. The molecule has 9 heteroatoms. The van der Waals surface area contributed by atoms with Crippen molar-refractivity contribution in [1.82, 2.24) is 19.7 Å². The van der Waals surface area contributed by atoms with Crippen molar-refractivity contribution >= 4 is 27.5 Å². The van der Waals surface area contributed by atoms with Crippen LogP contribution in [0.15, 0.2) is 35.5 Å². The monoisotopic (exact) mass is 434 g/mol. The lowest BCUT2D eigenvalue weighted by Gasteiger charge is -2.28. The highest BCUT2D eigenvalue weighted by atomic mass is 32.2. The summed E-state index contributed by atoms with van der Waals surface area (Å²) in [6.45, 7) is 3.27. The van der Waals surface area contributed by atoms with Gasteiger partial charge in [0.1, 0.15) is 5.82 Å². The zero-order valence-electron chi connectivity index (χ0n) is 16.5. The van der Waals surface area contributed by atoms with E-state index < -0.39 is 9.84 Å². The minimum Gasteiger partial charge on any atom is -0.334 e. The predicted octanol–water partition coefficient (Wildman–Crippen LogP) is 2.48. The third kappa shape index (κ3) is 4.83. The first-order chi connectivity index (χ1) is 14.0. The highest BCUT2D eigenvalue weighted by molar-refractivity contribution is 7.99. The predicted molar refractivity (Wildman–Crippen MR) is 112 cm³/mol. The molecule has 156 valence electrons. The summed E-state index contributed by atoms with van der Waals surface area (Å²) in [5.41, 5.74) is 1.00. The third-order valence-corrected chi connectivity index (χ3v) is 8.20. The van der Waals surface area contributed by atoms with Crippen LogP contribution in [0.5, 0.6) is 0 Å². The highest BCUT2D eigenvalue weighted by Gasteiger charge is 2.35. The van der Waals surface area contributed by atoms with Crippen molar-refractivity contribution in [2.24, 2.45) is 0 Å². The van der Waals surface area contributed by atoms with Gasteiger partial charge in [-0.25, -0.2) is 8.42 Å². The molecule has 0 N–H and O–H groups in total. The number of aromatic nitrogens is 3. The Hall–Kier alpha value is -1.87. The number of hydrogen-bond acceptors (Lipinski definition) is 6. The van der Waals surface area contributed by atoms with Gasteiger partial charge in [0.15, 0.2) is 15.0 Å². The molecule has 1 saturated heterocycles. The third-order valence-electron chi connectivity index (χ3n) is 5.49. The Bertz CT molecular complexity index is 971. The maximum absolute atomic E-state index is 13.1. The molecule has 7 nitrogen and oxygen atoms in total. The van der Waals surface area contributed by atoms with Gasteiger partial charge in [-0.1, -0.05) is 42.1 Å². The molecule has 1 aromatic heterocycles. The summed E-state index contributed by atoms with van der Waals surface area (Å²) in [4.78, 5) is 14.9. The first kappa shape index (κ1) is 20.4. The molecule has 0 spiro atoms. The molecule has 2 fully saturated rings. The van der Waals surface area contributed by atoms with Crippen LogP contribution in [0.4, 0.5) is 0 Å². The van der Waals surface area contributed by atoms with Gasteiger partial charge in [-0.3, -0.25) is 4.79 Å². The molecule has 2 aromatic rings. The van der Waals surface area contributed by atoms with E-state index in [0.717, 1.165) is 35.9 Å². The molecule has 1 atom stereocenters. The first-order valence-corrected chi connectivity index (χ1v) is 12.9. The van der Waals surface area contributed by atoms with E-state index in [-0.39, 0.29) is 29.2 Å². The summed E-state index contributed by atoms with van der Waals surface area (Å²) < 4.78 is 26.1. The quantitative estimate of drug-likeness (QED) is 0.594. The fourth-order valence-electron chi connectivity index (χ4n) is 3.78. The van der Waals surface area contributed by atoms with Crippen LogP contribution in [0.3, 0.4) is 0 Å². The average molecular weight is 435 g/mol. The van der Waals surface area contributed by atoms with Gasteiger partial charge in [-0.2, -0.15) is 0 Å². The highest BCUT2D eigenvalue weighted by Crippen LogP contribution is 2.40. The maximum atomic E-state index is 13.1. The van der Waals surface area contributed by atoms with Gasteiger partial charge in [-0.05, 0) is 31.7 Å². The summed E-state index contributed by atoms with van der Waals surface area (Å²) >= 11 is 1.39. The molecule has 1 saturated carbocycles. The fourth-order valence-corrected chi connectivity index (χ4v) is 6.41. The van der Waals surface area contributed by atoms with Gasteiger partial charge in [0, 0.05) is 25.0 Å². The minimum absolute atomic E-state index is 0.0488. The summed E-state index contributed by atoms with van der Waals surface area (Å²) in [6, 6.07) is 9.46. The minimum atomic E-state index is -3.07.